The fraction of sp³-hybridized carbons (Fsp3) is 0.571. The molecule has 0 heterocycles. The van der Waals surface area contributed by atoms with Crippen molar-refractivity contribution >= 4 is 66.4 Å². The van der Waals surface area contributed by atoms with Gasteiger partial charge in [0.25, 0.3) is 0 Å². The molecule has 0 saturated carbocycles. The Morgan fingerprint density at radius 3 is 1.28 bits per heavy atom. The summed E-state index contributed by atoms with van der Waals surface area (Å²) in [6.45, 7) is 2.59. The van der Waals surface area contributed by atoms with E-state index in [-0.39, 0.29) is 97.5 Å². The van der Waals surface area contributed by atoms with Gasteiger partial charge in [0.15, 0.2) is 42.8 Å². The van der Waals surface area contributed by atoms with E-state index in [9.17, 15) is 43.2 Å². The number of thioether (sulfide) groups is 2. The second kappa shape index (κ2) is 17.7. The molecule has 0 aliphatic carbocycles. The van der Waals surface area contributed by atoms with Crippen molar-refractivity contribution in [2.24, 2.45) is 0 Å². The van der Waals surface area contributed by atoms with Gasteiger partial charge in [-0.2, -0.15) is 26.3 Å². The zero-order chi connectivity index (χ0) is 35.8. The summed E-state index contributed by atoms with van der Waals surface area (Å²) in [5, 5.41) is -0.951. The first-order valence-electron chi connectivity index (χ1n) is 14.2. The van der Waals surface area contributed by atoms with E-state index in [1.54, 1.807) is 0 Å². The lowest BCUT2D eigenvalue weighted by atomic mass is 10.1. The molecule has 0 fully saturated rings. The normalized spacial score (nSPS) is 12.9. The van der Waals surface area contributed by atoms with E-state index in [2.05, 4.69) is 0 Å². The van der Waals surface area contributed by atoms with Crippen LogP contribution in [0.25, 0.3) is 0 Å². The van der Waals surface area contributed by atoms with Crippen LogP contribution in [0.2, 0.25) is 10.0 Å². The van der Waals surface area contributed by atoms with E-state index in [4.69, 9.17) is 27.9 Å². The van der Waals surface area contributed by atoms with Crippen LogP contribution in [0.3, 0.4) is 0 Å². The molecule has 0 N–H and O–H groups in total. The Kier molecular flexibility index (Phi) is 15.8. The number of sulfone groups is 2. The molecule has 0 unspecified atom stereocenters. The van der Waals surface area contributed by atoms with E-state index in [0.717, 1.165) is 12.1 Å². The summed E-state index contributed by atoms with van der Waals surface area (Å²) in [5.74, 6) is -5.41. The highest BCUT2D eigenvalue weighted by Crippen LogP contribution is 2.42. The molecule has 0 aliphatic heterocycles. The largest absolute Gasteiger partial charge is 0.451 e. The van der Waals surface area contributed by atoms with Crippen molar-refractivity contribution in [1.29, 1.82) is 0 Å². The van der Waals surface area contributed by atoms with E-state index in [0.29, 0.717) is 0 Å². The van der Waals surface area contributed by atoms with Crippen molar-refractivity contribution < 1.29 is 56.7 Å². The van der Waals surface area contributed by atoms with E-state index < -0.39 is 85.2 Å². The topological polar surface area (TPSA) is 77.5 Å². The van der Waals surface area contributed by atoms with Gasteiger partial charge in [-0.25, -0.2) is 25.6 Å². The molecule has 47 heavy (non-hydrogen) atoms. The Morgan fingerprint density at radius 1 is 0.638 bits per heavy atom. The molecule has 0 bridgehead atoms. The lowest BCUT2D eigenvalue weighted by molar-refractivity contribution is -0.0336. The zero-order valence-electron chi connectivity index (χ0n) is 25.1. The van der Waals surface area contributed by atoms with Gasteiger partial charge in [-0.1, -0.05) is 73.4 Å². The minimum absolute atomic E-state index is 0.115. The summed E-state index contributed by atoms with van der Waals surface area (Å²) in [4.78, 5) is -1.10. The summed E-state index contributed by atoms with van der Waals surface area (Å²) < 4.78 is 163. The average molecular weight is 800 g/mol. The number of ether oxygens (including phenoxy) is 1. The quantitative estimate of drug-likeness (QED) is 0.0844. The van der Waals surface area contributed by atoms with Gasteiger partial charge in [0, 0.05) is 34.8 Å². The average Bonchev–Trinajstić information content (AvgIpc) is 2.96. The first-order valence-corrected chi connectivity index (χ1v) is 20.2. The number of hydrogen-bond acceptors (Lipinski definition) is 7. The van der Waals surface area contributed by atoms with Gasteiger partial charge in [0.2, 0.25) is 0 Å². The highest BCUT2D eigenvalue weighted by Gasteiger charge is 2.30. The van der Waals surface area contributed by atoms with Gasteiger partial charge >= 0.3 is 11.0 Å². The first-order chi connectivity index (χ1) is 21.6. The molecule has 0 amide bonds. The van der Waals surface area contributed by atoms with Gasteiger partial charge in [-0.15, -0.1) is 0 Å². The third-order valence-corrected chi connectivity index (χ3v) is 13.0. The number of unbranched alkanes of at least 4 members (excludes halogenated alkanes) is 4. The molecule has 2 aromatic carbocycles. The van der Waals surface area contributed by atoms with Crippen LogP contribution in [0.4, 0.5) is 35.1 Å². The monoisotopic (exact) mass is 798 g/mol. The second-order valence-electron chi connectivity index (χ2n) is 10.1. The number of hydrogen-bond donors (Lipinski definition) is 0. The lowest BCUT2D eigenvalue weighted by Gasteiger charge is -2.18. The van der Waals surface area contributed by atoms with Crippen molar-refractivity contribution in [3.63, 3.8) is 0 Å². The molecule has 0 aromatic heterocycles. The first kappa shape index (κ1) is 42.0. The molecule has 19 heteroatoms. The van der Waals surface area contributed by atoms with Crippen LogP contribution in [0, 0.1) is 11.6 Å². The number of benzene rings is 2. The fourth-order valence-electron chi connectivity index (χ4n) is 4.29. The molecular weight excluding hydrogens is 767 g/mol. The van der Waals surface area contributed by atoms with Crippen LogP contribution >= 0.6 is 46.7 Å². The molecule has 0 radical (unpaired) electrons. The van der Waals surface area contributed by atoms with Gasteiger partial charge in [-0.05, 0) is 38.5 Å². The lowest BCUT2D eigenvalue weighted by Crippen LogP contribution is -2.10. The van der Waals surface area contributed by atoms with Crippen LogP contribution in [0.1, 0.15) is 63.5 Å². The van der Waals surface area contributed by atoms with Crippen LogP contribution in [-0.4, -0.2) is 50.9 Å². The number of rotatable bonds is 18. The Hall–Kier alpha value is -1.14. The van der Waals surface area contributed by atoms with Gasteiger partial charge in [-0.3, -0.25) is 0 Å². The maximum absolute atomic E-state index is 15.8. The minimum atomic E-state index is -4.41. The Morgan fingerprint density at radius 2 is 0.979 bits per heavy atom. The highest BCUT2D eigenvalue weighted by atomic mass is 35.5. The molecule has 0 aliphatic rings. The molecule has 2 rings (SSSR count). The second-order valence-corrected chi connectivity index (χ2v) is 17.6. The van der Waals surface area contributed by atoms with Crippen molar-refractivity contribution in [3.8, 4) is 11.5 Å². The smallest absolute Gasteiger partial charge is 0.441 e. The maximum Gasteiger partial charge on any atom is 0.441 e. The standard InChI is InChI=1S/C28H32Cl2F8O5S4/c1-3-46(39,40)21-15-19(25(31)17(23(21)29)11-7-5-9-13-44-27(33,34)35)43-20-16-22(47(41,42)4-2)24(30)18(26(20)32)12-8-6-10-14-45-28(36,37)38/h15-16H,3-14H2,1-2H3. The summed E-state index contributed by atoms with van der Waals surface area (Å²) in [6, 6.07) is 1.47. The van der Waals surface area contributed by atoms with Gasteiger partial charge in [0.05, 0.1) is 31.3 Å². The SMILES string of the molecule is CCS(=O)(=O)c1cc(Oc2cc(S(=O)(=O)CC)c(Cl)c(CCCCCSC(F)(F)F)c2F)c(F)c(CCCCCSC(F)(F)F)c1Cl. The molecule has 2 aromatic rings. The van der Waals surface area contributed by atoms with E-state index in [1.807, 2.05) is 0 Å². The van der Waals surface area contributed by atoms with Crippen LogP contribution < -0.4 is 4.74 Å². The van der Waals surface area contributed by atoms with E-state index in [1.165, 1.54) is 13.8 Å². The molecular formula is C28H32Cl2F8O5S4. The molecule has 0 spiro atoms. The van der Waals surface area contributed by atoms with Crippen LogP contribution in [-0.2, 0) is 32.5 Å². The zero-order valence-corrected chi connectivity index (χ0v) is 29.9. The van der Waals surface area contributed by atoms with E-state index >= 15 is 8.78 Å². The maximum atomic E-state index is 15.8. The molecule has 268 valence electrons. The van der Waals surface area contributed by atoms with Crippen LogP contribution in [0.15, 0.2) is 21.9 Å². The van der Waals surface area contributed by atoms with Crippen molar-refractivity contribution in [2.75, 3.05) is 23.0 Å². The third kappa shape index (κ3) is 12.6. The number of alkyl halides is 6. The van der Waals surface area contributed by atoms with Crippen molar-refractivity contribution in [1.82, 2.24) is 0 Å². The molecule has 0 saturated heterocycles. The van der Waals surface area contributed by atoms with Crippen LogP contribution in [0.5, 0.6) is 11.5 Å². The summed E-state index contributed by atoms with van der Waals surface area (Å²) in [6.07, 6.45) is 0.475. The predicted octanol–water partition coefficient (Wildman–Crippen LogP) is 10.6. The highest BCUT2D eigenvalue weighted by molar-refractivity contribution is 8.00. The minimum Gasteiger partial charge on any atom is -0.451 e. The molecule has 5 nitrogen and oxygen atoms in total. The fourth-order valence-corrected chi connectivity index (χ4v) is 8.60. The van der Waals surface area contributed by atoms with Gasteiger partial charge < -0.3 is 4.74 Å². The Bertz CT molecular complexity index is 1480. The predicted molar refractivity (Wildman–Crippen MR) is 170 cm³/mol. The van der Waals surface area contributed by atoms with Gasteiger partial charge in [0.1, 0.15) is 0 Å². The summed E-state index contributed by atoms with van der Waals surface area (Å²) in [5.41, 5.74) is -9.50. The summed E-state index contributed by atoms with van der Waals surface area (Å²) >= 11 is 12.2. The third-order valence-electron chi connectivity index (χ3n) is 6.77. The van der Waals surface area contributed by atoms with Crippen molar-refractivity contribution in [2.45, 2.75) is 86.0 Å². The molecule has 0 atom stereocenters. The number of halogens is 10. The Labute approximate surface area is 287 Å². The Balaban J connectivity index is 2.51. The summed E-state index contributed by atoms with van der Waals surface area (Å²) in [7, 11) is -8.24. The van der Waals surface area contributed by atoms with Crippen molar-refractivity contribution in [3.05, 3.63) is 44.9 Å².